The lowest BCUT2D eigenvalue weighted by Gasteiger charge is -2.33. The molecule has 0 aromatic heterocycles. The molecule has 1 fully saturated rings. The maximum atomic E-state index is 12.8. The van der Waals surface area contributed by atoms with E-state index in [1.165, 1.54) is 28.6 Å². The second kappa shape index (κ2) is 7.75. The number of carbonyl (C=O) groups is 2. The number of carbonyl (C=O) groups excluding carboxylic acids is 1. The van der Waals surface area contributed by atoms with E-state index in [0.717, 1.165) is 6.42 Å². The van der Waals surface area contributed by atoms with Crippen molar-refractivity contribution in [3.63, 3.8) is 0 Å². The molecule has 2 rings (SSSR count). The minimum atomic E-state index is -3.91. The maximum Gasteiger partial charge on any atom is 0.337 e. The molecule has 1 aliphatic heterocycles. The third kappa shape index (κ3) is 4.42. The van der Waals surface area contributed by atoms with Crippen LogP contribution in [0, 0.1) is 5.92 Å². The third-order valence-corrected chi connectivity index (χ3v) is 6.86. The van der Waals surface area contributed by atoms with Crippen molar-refractivity contribution in [2.45, 2.75) is 50.5 Å². The minimum absolute atomic E-state index is 0.0557. The summed E-state index contributed by atoms with van der Waals surface area (Å²) >= 11 is 0. The molecule has 0 aliphatic carbocycles. The minimum Gasteiger partial charge on any atom is -0.478 e. The normalized spacial score (nSPS) is 17.0. The first kappa shape index (κ1) is 20.4. The van der Waals surface area contributed by atoms with Gasteiger partial charge in [-0.3, -0.25) is 4.79 Å². The highest BCUT2D eigenvalue weighted by atomic mass is 32.2. The van der Waals surface area contributed by atoms with E-state index in [1.54, 1.807) is 0 Å². The highest BCUT2D eigenvalue weighted by molar-refractivity contribution is 7.89. The highest BCUT2D eigenvalue weighted by Gasteiger charge is 2.35. The summed E-state index contributed by atoms with van der Waals surface area (Å²) in [5, 5.41) is 12.2. The van der Waals surface area contributed by atoms with E-state index >= 15 is 0 Å². The SMILES string of the molecule is CCC(C)(C)NC(=O)C1CCN(S(=O)(=O)c2ccccc2C(=O)O)CC1. The predicted octanol–water partition coefficient (Wildman–Crippen LogP) is 2.09. The van der Waals surface area contributed by atoms with Gasteiger partial charge in [0.25, 0.3) is 0 Å². The van der Waals surface area contributed by atoms with Crippen LogP contribution in [-0.2, 0) is 14.8 Å². The lowest BCUT2D eigenvalue weighted by Crippen LogP contribution is -2.49. The Labute approximate surface area is 154 Å². The van der Waals surface area contributed by atoms with E-state index in [4.69, 9.17) is 0 Å². The van der Waals surface area contributed by atoms with Gasteiger partial charge in [-0.2, -0.15) is 4.31 Å². The molecule has 7 nitrogen and oxygen atoms in total. The van der Waals surface area contributed by atoms with Gasteiger partial charge in [-0.25, -0.2) is 13.2 Å². The van der Waals surface area contributed by atoms with Crippen LogP contribution in [0.25, 0.3) is 0 Å². The molecule has 1 aromatic rings. The molecule has 1 saturated heterocycles. The number of nitrogens with zero attached hydrogens (tertiary/aromatic N) is 1. The molecule has 0 radical (unpaired) electrons. The molecule has 1 heterocycles. The first-order chi connectivity index (χ1) is 12.1. The van der Waals surface area contributed by atoms with Gasteiger partial charge in [0.05, 0.1) is 10.5 Å². The Morgan fingerprint density at radius 3 is 2.35 bits per heavy atom. The van der Waals surface area contributed by atoms with Crippen LogP contribution in [-0.4, -0.2) is 48.3 Å². The van der Waals surface area contributed by atoms with Gasteiger partial charge in [0, 0.05) is 24.5 Å². The molecular weight excluding hydrogens is 356 g/mol. The molecule has 0 bridgehead atoms. The van der Waals surface area contributed by atoms with E-state index < -0.39 is 16.0 Å². The number of carboxylic acid groups (broad SMARTS) is 1. The van der Waals surface area contributed by atoms with Gasteiger partial charge in [0.1, 0.15) is 0 Å². The summed E-state index contributed by atoms with van der Waals surface area (Å²) < 4.78 is 26.9. The molecule has 8 heteroatoms. The number of piperidine rings is 1. The molecule has 26 heavy (non-hydrogen) atoms. The first-order valence-electron chi connectivity index (χ1n) is 8.73. The monoisotopic (exact) mass is 382 g/mol. The summed E-state index contributed by atoms with van der Waals surface area (Å²) in [6.45, 7) is 6.29. The van der Waals surface area contributed by atoms with Crippen molar-refractivity contribution in [1.29, 1.82) is 0 Å². The van der Waals surface area contributed by atoms with Crippen molar-refractivity contribution in [2.75, 3.05) is 13.1 Å². The second-order valence-corrected chi connectivity index (χ2v) is 9.11. The third-order valence-electron chi connectivity index (χ3n) is 4.91. The molecule has 1 aromatic carbocycles. The summed E-state index contributed by atoms with van der Waals surface area (Å²) in [4.78, 5) is 23.5. The number of nitrogens with one attached hydrogen (secondary N) is 1. The van der Waals surface area contributed by atoms with Crippen LogP contribution in [0.5, 0.6) is 0 Å². The average Bonchev–Trinajstić information content (AvgIpc) is 2.61. The predicted molar refractivity (Wildman–Crippen MR) is 97.4 cm³/mol. The zero-order chi connectivity index (χ0) is 19.5. The second-order valence-electron chi connectivity index (χ2n) is 7.21. The van der Waals surface area contributed by atoms with Crippen LogP contribution in [0.4, 0.5) is 0 Å². The van der Waals surface area contributed by atoms with E-state index in [0.29, 0.717) is 12.8 Å². The van der Waals surface area contributed by atoms with Gasteiger partial charge in [-0.15, -0.1) is 0 Å². The number of rotatable bonds is 6. The van der Waals surface area contributed by atoms with Crippen molar-refractivity contribution in [3.05, 3.63) is 29.8 Å². The van der Waals surface area contributed by atoms with Crippen molar-refractivity contribution < 1.29 is 23.1 Å². The number of benzene rings is 1. The van der Waals surface area contributed by atoms with Gasteiger partial charge in [0.15, 0.2) is 0 Å². The topological polar surface area (TPSA) is 104 Å². The number of hydrogen-bond donors (Lipinski definition) is 2. The Bertz CT molecular complexity index is 781. The fourth-order valence-corrected chi connectivity index (χ4v) is 4.54. The number of aromatic carboxylic acids is 1. The van der Waals surface area contributed by atoms with Crippen molar-refractivity contribution in [1.82, 2.24) is 9.62 Å². The van der Waals surface area contributed by atoms with E-state index in [9.17, 15) is 23.1 Å². The van der Waals surface area contributed by atoms with Crippen molar-refractivity contribution >= 4 is 21.9 Å². The molecule has 144 valence electrons. The van der Waals surface area contributed by atoms with Crippen LogP contribution < -0.4 is 5.32 Å². The lowest BCUT2D eigenvalue weighted by atomic mass is 9.94. The highest BCUT2D eigenvalue weighted by Crippen LogP contribution is 2.26. The molecular formula is C18H26N2O5S. The van der Waals surface area contributed by atoms with Crippen molar-refractivity contribution in [2.24, 2.45) is 5.92 Å². The standard InChI is InChI=1S/C18H26N2O5S/c1-4-18(2,3)19-16(21)13-9-11-20(12-10-13)26(24,25)15-8-6-5-7-14(15)17(22)23/h5-8,13H,4,9-12H2,1-3H3,(H,19,21)(H,22,23). The molecule has 1 aliphatic rings. The van der Waals surface area contributed by atoms with E-state index in [-0.39, 0.29) is 40.9 Å². The summed E-state index contributed by atoms with van der Waals surface area (Å²) in [5.41, 5.74) is -0.530. The molecule has 0 saturated carbocycles. The number of hydrogen-bond acceptors (Lipinski definition) is 4. The van der Waals surface area contributed by atoms with Crippen LogP contribution in [0.15, 0.2) is 29.2 Å². The zero-order valence-corrected chi connectivity index (χ0v) is 16.2. The fraction of sp³-hybridized carbons (Fsp3) is 0.556. The molecule has 1 amide bonds. The van der Waals surface area contributed by atoms with E-state index in [1.807, 2.05) is 20.8 Å². The van der Waals surface area contributed by atoms with Crippen LogP contribution in [0.1, 0.15) is 50.4 Å². The molecule has 0 spiro atoms. The molecule has 2 N–H and O–H groups in total. The summed E-state index contributed by atoms with van der Waals surface area (Å²) in [6, 6.07) is 5.59. The van der Waals surface area contributed by atoms with Gasteiger partial charge in [-0.1, -0.05) is 19.1 Å². The number of carboxylic acids is 1. The lowest BCUT2D eigenvalue weighted by molar-refractivity contribution is -0.127. The Kier molecular flexibility index (Phi) is 6.08. The Morgan fingerprint density at radius 1 is 1.23 bits per heavy atom. The van der Waals surface area contributed by atoms with Crippen LogP contribution >= 0.6 is 0 Å². The number of amides is 1. The average molecular weight is 382 g/mol. The quantitative estimate of drug-likeness (QED) is 0.784. The largest absolute Gasteiger partial charge is 0.478 e. The Balaban J connectivity index is 2.10. The van der Waals surface area contributed by atoms with Gasteiger partial charge in [0.2, 0.25) is 15.9 Å². The number of sulfonamides is 1. The Hall–Kier alpha value is -1.93. The summed E-state index contributed by atoms with van der Waals surface area (Å²) in [6.07, 6.45) is 1.64. The van der Waals surface area contributed by atoms with Crippen LogP contribution in [0.2, 0.25) is 0 Å². The first-order valence-corrected chi connectivity index (χ1v) is 10.2. The maximum absolute atomic E-state index is 12.8. The van der Waals surface area contributed by atoms with Crippen LogP contribution in [0.3, 0.4) is 0 Å². The molecule has 0 atom stereocenters. The van der Waals surface area contributed by atoms with Crippen molar-refractivity contribution in [3.8, 4) is 0 Å². The summed E-state index contributed by atoms with van der Waals surface area (Å²) in [7, 11) is -3.91. The molecule has 0 unspecified atom stereocenters. The van der Waals surface area contributed by atoms with Gasteiger partial charge >= 0.3 is 5.97 Å². The van der Waals surface area contributed by atoms with E-state index in [2.05, 4.69) is 5.32 Å². The Morgan fingerprint density at radius 2 is 1.81 bits per heavy atom. The zero-order valence-electron chi connectivity index (χ0n) is 15.4. The fourth-order valence-electron chi connectivity index (χ4n) is 2.89. The smallest absolute Gasteiger partial charge is 0.337 e. The van der Waals surface area contributed by atoms with Gasteiger partial charge in [-0.05, 0) is 45.2 Å². The summed E-state index contributed by atoms with van der Waals surface area (Å²) in [5.74, 6) is -1.57. The van der Waals surface area contributed by atoms with Gasteiger partial charge < -0.3 is 10.4 Å².